The number of fused-ring (bicyclic) bond motifs is 1. The molecule has 36 heavy (non-hydrogen) atoms. The van der Waals surface area contributed by atoms with Crippen LogP contribution in [0.5, 0.6) is 0 Å². The van der Waals surface area contributed by atoms with Crippen molar-refractivity contribution in [1.29, 1.82) is 0 Å². The van der Waals surface area contributed by atoms with E-state index in [0.717, 1.165) is 41.1 Å². The quantitative estimate of drug-likeness (QED) is 0.488. The lowest BCUT2D eigenvalue weighted by Gasteiger charge is -2.25. The van der Waals surface area contributed by atoms with Gasteiger partial charge in [-0.15, -0.1) is 0 Å². The predicted molar refractivity (Wildman–Crippen MR) is 131 cm³/mol. The molecule has 1 atom stereocenters. The number of pyridine rings is 1. The van der Waals surface area contributed by atoms with E-state index >= 15 is 0 Å². The number of carbonyl (C=O) groups is 1. The van der Waals surface area contributed by atoms with E-state index < -0.39 is 17.8 Å². The van der Waals surface area contributed by atoms with Crippen LogP contribution >= 0.6 is 0 Å². The minimum Gasteiger partial charge on any atom is -0.339 e. The zero-order chi connectivity index (χ0) is 25.6. The first kappa shape index (κ1) is 24.2. The van der Waals surface area contributed by atoms with E-state index in [1.807, 2.05) is 18.3 Å². The van der Waals surface area contributed by atoms with Crippen LogP contribution in [-0.2, 0) is 11.0 Å². The molecule has 1 amide bonds. The molecule has 0 spiro atoms. The molecular formula is C27H28F3N5O. The maximum absolute atomic E-state index is 13.5. The van der Waals surface area contributed by atoms with Crippen molar-refractivity contribution in [2.24, 2.45) is 4.99 Å². The molecule has 1 saturated carbocycles. The molecular weight excluding hydrogens is 467 g/mol. The lowest BCUT2D eigenvalue weighted by atomic mass is 9.97. The second-order valence-electron chi connectivity index (χ2n) is 9.56. The normalized spacial score (nSPS) is 17.9. The van der Waals surface area contributed by atoms with E-state index in [9.17, 15) is 18.0 Å². The number of amides is 1. The molecule has 2 aromatic heterocycles. The molecule has 1 aromatic carbocycles. The summed E-state index contributed by atoms with van der Waals surface area (Å²) in [7, 11) is 0. The molecule has 0 saturated heterocycles. The Morgan fingerprint density at radius 3 is 2.64 bits per heavy atom. The van der Waals surface area contributed by atoms with E-state index in [1.54, 1.807) is 31.1 Å². The van der Waals surface area contributed by atoms with E-state index in [2.05, 4.69) is 9.55 Å². The smallest absolute Gasteiger partial charge is 0.339 e. The number of aromatic nitrogens is 3. The SMILES string of the molecule is CC(=O)N1CC=C(c2cc3c(=N[C@H](C)c4cccc(C(F)(F)F)c4C)ncn(C4CC4)c3cn2)CC1. The van der Waals surface area contributed by atoms with Gasteiger partial charge in [-0.1, -0.05) is 18.2 Å². The zero-order valence-electron chi connectivity index (χ0n) is 20.5. The van der Waals surface area contributed by atoms with Gasteiger partial charge in [0, 0.05) is 31.4 Å². The van der Waals surface area contributed by atoms with Crippen LogP contribution in [0.4, 0.5) is 13.2 Å². The Kier molecular flexibility index (Phi) is 6.18. The van der Waals surface area contributed by atoms with Gasteiger partial charge in [0.05, 0.1) is 35.3 Å². The van der Waals surface area contributed by atoms with Crippen molar-refractivity contribution < 1.29 is 18.0 Å². The van der Waals surface area contributed by atoms with Crippen molar-refractivity contribution in [2.45, 2.75) is 58.3 Å². The highest BCUT2D eigenvalue weighted by Crippen LogP contribution is 2.37. The fraction of sp³-hybridized carbons (Fsp3) is 0.407. The number of nitrogens with zero attached hydrogens (tertiary/aromatic N) is 5. The first-order chi connectivity index (χ1) is 17.1. The third-order valence-electron chi connectivity index (χ3n) is 7.08. The predicted octanol–water partition coefficient (Wildman–Crippen LogP) is 5.39. The van der Waals surface area contributed by atoms with Gasteiger partial charge in [-0.3, -0.25) is 14.8 Å². The van der Waals surface area contributed by atoms with Gasteiger partial charge in [-0.25, -0.2) is 4.98 Å². The Hall–Kier alpha value is -3.49. The molecule has 2 aliphatic rings. The van der Waals surface area contributed by atoms with Gasteiger partial charge < -0.3 is 9.47 Å². The number of hydrogen-bond acceptors (Lipinski definition) is 4. The maximum atomic E-state index is 13.5. The fourth-order valence-corrected chi connectivity index (χ4v) is 4.86. The van der Waals surface area contributed by atoms with Crippen molar-refractivity contribution in [3.8, 4) is 0 Å². The van der Waals surface area contributed by atoms with E-state index in [4.69, 9.17) is 9.98 Å². The maximum Gasteiger partial charge on any atom is 0.416 e. The summed E-state index contributed by atoms with van der Waals surface area (Å²) >= 11 is 0. The molecule has 0 bridgehead atoms. The highest BCUT2D eigenvalue weighted by molar-refractivity contribution is 5.82. The summed E-state index contributed by atoms with van der Waals surface area (Å²) in [6, 6.07) is 6.05. The number of alkyl halides is 3. The molecule has 1 fully saturated rings. The molecule has 5 rings (SSSR count). The Balaban J connectivity index is 1.60. The Morgan fingerprint density at radius 1 is 1.22 bits per heavy atom. The van der Waals surface area contributed by atoms with Crippen LogP contribution in [0.1, 0.15) is 67.6 Å². The van der Waals surface area contributed by atoms with Crippen LogP contribution in [0.3, 0.4) is 0 Å². The number of halogens is 3. The number of rotatable bonds is 4. The van der Waals surface area contributed by atoms with Crippen LogP contribution < -0.4 is 5.49 Å². The summed E-state index contributed by atoms with van der Waals surface area (Å²) in [5.41, 5.74) is 3.31. The summed E-state index contributed by atoms with van der Waals surface area (Å²) in [6.45, 7) is 6.03. The number of carbonyl (C=O) groups excluding carboxylic acids is 1. The van der Waals surface area contributed by atoms with Crippen LogP contribution in [0.25, 0.3) is 16.5 Å². The fourth-order valence-electron chi connectivity index (χ4n) is 4.86. The van der Waals surface area contributed by atoms with Gasteiger partial charge >= 0.3 is 6.18 Å². The van der Waals surface area contributed by atoms with Crippen LogP contribution in [0, 0.1) is 6.92 Å². The molecule has 1 aliphatic heterocycles. The lowest BCUT2D eigenvalue weighted by molar-refractivity contribution is -0.138. The first-order valence-corrected chi connectivity index (χ1v) is 12.2. The standard InChI is InChI=1S/C27H28F3N5O/c1-16-21(5-4-6-23(16)27(28,29)30)17(2)33-26-22-13-24(19-9-11-34(12-10-19)18(3)36)31-14-25(22)35(15-32-26)20-7-8-20/h4-6,9,13-15,17,20H,7-8,10-12H2,1-3H3/t17-/m1/s1. The minimum absolute atomic E-state index is 0.0476. The van der Waals surface area contributed by atoms with Crippen molar-refractivity contribution in [3.63, 3.8) is 0 Å². The van der Waals surface area contributed by atoms with Gasteiger partial charge in [-0.2, -0.15) is 13.2 Å². The van der Waals surface area contributed by atoms with Crippen molar-refractivity contribution in [3.05, 3.63) is 70.7 Å². The number of hydrogen-bond donors (Lipinski definition) is 0. The van der Waals surface area contributed by atoms with Crippen molar-refractivity contribution in [1.82, 2.24) is 19.4 Å². The summed E-state index contributed by atoms with van der Waals surface area (Å²) in [5, 5.41) is 0.820. The molecule has 3 aromatic rings. The lowest BCUT2D eigenvalue weighted by Crippen LogP contribution is -2.32. The monoisotopic (exact) mass is 495 g/mol. The Morgan fingerprint density at radius 2 is 2.00 bits per heavy atom. The van der Waals surface area contributed by atoms with Gasteiger partial charge in [0.15, 0.2) is 5.49 Å². The van der Waals surface area contributed by atoms with Crippen LogP contribution in [0.2, 0.25) is 0 Å². The molecule has 0 unspecified atom stereocenters. The van der Waals surface area contributed by atoms with Gasteiger partial charge in [-0.05, 0) is 61.9 Å². The van der Waals surface area contributed by atoms with E-state index in [1.165, 1.54) is 13.0 Å². The molecule has 0 N–H and O–H groups in total. The van der Waals surface area contributed by atoms with Crippen LogP contribution in [0.15, 0.2) is 47.9 Å². The third kappa shape index (κ3) is 4.66. The summed E-state index contributed by atoms with van der Waals surface area (Å²) < 4.78 is 42.5. The Bertz CT molecular complexity index is 1440. The van der Waals surface area contributed by atoms with Gasteiger partial charge in [0.2, 0.25) is 5.91 Å². The molecule has 3 heterocycles. The average molecular weight is 496 g/mol. The molecule has 188 valence electrons. The van der Waals surface area contributed by atoms with E-state index in [-0.39, 0.29) is 11.5 Å². The molecule has 6 nitrogen and oxygen atoms in total. The number of benzene rings is 1. The summed E-state index contributed by atoms with van der Waals surface area (Å²) in [4.78, 5) is 27.6. The minimum atomic E-state index is -4.42. The molecule has 1 aliphatic carbocycles. The second-order valence-corrected chi connectivity index (χ2v) is 9.56. The Labute approximate surface area is 207 Å². The van der Waals surface area contributed by atoms with Crippen molar-refractivity contribution in [2.75, 3.05) is 13.1 Å². The van der Waals surface area contributed by atoms with Gasteiger partial charge in [0.1, 0.15) is 0 Å². The third-order valence-corrected chi connectivity index (χ3v) is 7.08. The van der Waals surface area contributed by atoms with Crippen molar-refractivity contribution >= 4 is 22.4 Å². The summed E-state index contributed by atoms with van der Waals surface area (Å²) in [6.07, 6.45) is 4.05. The van der Waals surface area contributed by atoms with E-state index in [0.29, 0.717) is 36.6 Å². The molecule has 0 radical (unpaired) electrons. The highest BCUT2D eigenvalue weighted by Gasteiger charge is 2.33. The summed E-state index contributed by atoms with van der Waals surface area (Å²) in [5.74, 6) is 0.0476. The average Bonchev–Trinajstić information content (AvgIpc) is 3.69. The highest BCUT2D eigenvalue weighted by atomic mass is 19.4. The first-order valence-electron chi connectivity index (χ1n) is 12.2. The van der Waals surface area contributed by atoms with Gasteiger partial charge in [0.25, 0.3) is 0 Å². The zero-order valence-corrected chi connectivity index (χ0v) is 20.5. The second kappa shape index (κ2) is 9.19. The largest absolute Gasteiger partial charge is 0.416 e. The molecule has 9 heteroatoms. The van der Waals surface area contributed by atoms with Crippen LogP contribution in [-0.4, -0.2) is 38.4 Å². The topological polar surface area (TPSA) is 63.4 Å².